The highest BCUT2D eigenvalue weighted by Crippen LogP contribution is 2.50. The molecule has 0 N–H and O–H groups in total. The van der Waals surface area contributed by atoms with Crippen LogP contribution in [0.15, 0.2) is 243 Å². The zero-order valence-corrected chi connectivity index (χ0v) is 38.5. The lowest BCUT2D eigenvalue weighted by Crippen LogP contribution is -2.49. The molecule has 1 heterocycles. The lowest BCUT2D eigenvalue weighted by Gasteiger charge is -2.31. The molecule has 2 nitrogen and oxygen atoms in total. The Bertz CT molecular complexity index is 3860. The maximum absolute atomic E-state index is 2.54. The maximum atomic E-state index is 2.54. The van der Waals surface area contributed by atoms with Crippen LogP contribution < -0.4 is 20.2 Å². The lowest BCUT2D eigenvalue weighted by atomic mass is 9.91. The molecule has 0 amide bonds. The molecule has 0 saturated heterocycles. The SMILES string of the molecule is C[Si]1(C)c2ccccc2-c2ccc(N(c3ccccc3-c3ccccc3)c3ccc4ccc5c(N(c6ccc7ccccc7c6)c6ccccc6-c6ccccc6)ccc6ccc3c4c65)cc21. The van der Waals surface area contributed by atoms with Crippen LogP contribution in [0.4, 0.5) is 34.1 Å². The molecular weight excluding hydrogens is 825 g/mol. The first-order valence-electron chi connectivity index (χ1n) is 23.3. The molecule has 1 aliphatic heterocycles. The fourth-order valence-electron chi connectivity index (χ4n) is 11.2. The van der Waals surface area contributed by atoms with Crippen molar-refractivity contribution in [1.29, 1.82) is 0 Å². The Morgan fingerprint density at radius 3 is 1.31 bits per heavy atom. The van der Waals surface area contributed by atoms with Crippen molar-refractivity contribution in [2.24, 2.45) is 0 Å². The number of nitrogens with zero attached hydrogens (tertiary/aromatic N) is 2. The standard InChI is InChI=1S/C64H46N2Si/c1-67(2)61-28-16-13-25-53(61)54-38-35-50(42-62(54)67)66(58-27-15-12-24-52(58)45-20-7-4-8-21-45)60-40-33-47-30-36-55-59(39-32-46-31-37-56(60)64(47)63(46)55)65(49-34-29-43-17-9-10-22-48(43)41-49)57-26-14-11-23-51(57)44-18-5-3-6-19-44/h3-42H,1-2H3. The topological polar surface area (TPSA) is 6.48 Å². The van der Waals surface area contributed by atoms with Crippen molar-refractivity contribution in [1.82, 2.24) is 0 Å². The summed E-state index contributed by atoms with van der Waals surface area (Å²) < 4.78 is 0. The summed E-state index contributed by atoms with van der Waals surface area (Å²) in [5.41, 5.74) is 14.4. The molecule has 0 radical (unpaired) electrons. The van der Waals surface area contributed by atoms with Crippen LogP contribution >= 0.6 is 0 Å². The fourth-order valence-corrected chi connectivity index (χ4v) is 14.3. The van der Waals surface area contributed by atoms with Crippen LogP contribution in [-0.2, 0) is 0 Å². The Hall–Kier alpha value is -8.24. The number of para-hydroxylation sites is 2. The molecule has 0 spiro atoms. The second-order valence-electron chi connectivity index (χ2n) is 18.5. The summed E-state index contributed by atoms with van der Waals surface area (Å²) in [7, 11) is -1.99. The number of benzene rings is 12. The Kier molecular flexibility index (Phi) is 9.02. The second-order valence-corrected chi connectivity index (χ2v) is 22.8. The van der Waals surface area contributed by atoms with E-state index in [0.717, 1.165) is 28.4 Å². The van der Waals surface area contributed by atoms with E-state index in [0.29, 0.717) is 0 Å². The zero-order valence-electron chi connectivity index (χ0n) is 37.5. The van der Waals surface area contributed by atoms with E-state index in [9.17, 15) is 0 Å². The summed E-state index contributed by atoms with van der Waals surface area (Å²) in [6, 6.07) is 90.1. The fraction of sp³-hybridized carbons (Fsp3) is 0.0312. The molecule has 0 aliphatic carbocycles. The van der Waals surface area contributed by atoms with Crippen molar-refractivity contribution >= 4 is 95.7 Å². The number of hydrogen-bond donors (Lipinski definition) is 0. The van der Waals surface area contributed by atoms with Crippen molar-refractivity contribution in [2.75, 3.05) is 9.80 Å². The molecule has 0 atom stereocenters. The van der Waals surface area contributed by atoms with Crippen LogP contribution in [-0.4, -0.2) is 8.07 Å². The van der Waals surface area contributed by atoms with Gasteiger partial charge in [-0.05, 0) is 113 Å². The average molecular weight is 871 g/mol. The van der Waals surface area contributed by atoms with Gasteiger partial charge in [-0.2, -0.15) is 0 Å². The molecule has 3 heteroatoms. The highest BCUT2D eigenvalue weighted by atomic mass is 28.3. The van der Waals surface area contributed by atoms with Crippen LogP contribution in [0.25, 0.3) is 76.5 Å². The molecule has 12 aromatic carbocycles. The van der Waals surface area contributed by atoms with Crippen LogP contribution in [0.5, 0.6) is 0 Å². The van der Waals surface area contributed by atoms with Gasteiger partial charge in [-0.15, -0.1) is 0 Å². The van der Waals surface area contributed by atoms with Gasteiger partial charge in [0, 0.05) is 33.3 Å². The van der Waals surface area contributed by atoms with Gasteiger partial charge in [0.2, 0.25) is 0 Å². The van der Waals surface area contributed by atoms with E-state index >= 15 is 0 Å². The minimum Gasteiger partial charge on any atom is -0.309 e. The Morgan fingerprint density at radius 1 is 0.284 bits per heavy atom. The van der Waals surface area contributed by atoms with Crippen LogP contribution in [0.3, 0.4) is 0 Å². The predicted octanol–water partition coefficient (Wildman–Crippen LogP) is 16.8. The van der Waals surface area contributed by atoms with Crippen LogP contribution in [0.2, 0.25) is 13.1 Å². The van der Waals surface area contributed by atoms with Crippen molar-refractivity contribution in [3.05, 3.63) is 243 Å². The highest BCUT2D eigenvalue weighted by molar-refractivity contribution is 7.03. The largest absolute Gasteiger partial charge is 0.309 e. The number of hydrogen-bond acceptors (Lipinski definition) is 2. The first-order chi connectivity index (χ1) is 33.0. The number of fused-ring (bicyclic) bond motifs is 4. The van der Waals surface area contributed by atoms with Gasteiger partial charge in [-0.3, -0.25) is 0 Å². The minimum atomic E-state index is -1.99. The third-order valence-corrected chi connectivity index (χ3v) is 17.9. The van der Waals surface area contributed by atoms with E-state index in [-0.39, 0.29) is 0 Å². The minimum absolute atomic E-state index is 1.12. The number of rotatable bonds is 8. The first-order valence-corrected chi connectivity index (χ1v) is 26.3. The predicted molar refractivity (Wildman–Crippen MR) is 290 cm³/mol. The summed E-state index contributed by atoms with van der Waals surface area (Å²) in [6.45, 7) is 5.02. The van der Waals surface area contributed by atoms with E-state index in [4.69, 9.17) is 0 Å². The monoisotopic (exact) mass is 870 g/mol. The van der Waals surface area contributed by atoms with E-state index in [1.807, 2.05) is 0 Å². The van der Waals surface area contributed by atoms with Gasteiger partial charge in [0.05, 0.1) is 22.7 Å². The molecule has 13 rings (SSSR count). The summed E-state index contributed by atoms with van der Waals surface area (Å²) >= 11 is 0. The Morgan fingerprint density at radius 2 is 0.716 bits per heavy atom. The van der Waals surface area contributed by atoms with Gasteiger partial charge in [0.1, 0.15) is 8.07 Å². The summed E-state index contributed by atoms with van der Waals surface area (Å²) in [4.78, 5) is 5.03. The molecule has 67 heavy (non-hydrogen) atoms. The third-order valence-electron chi connectivity index (χ3n) is 14.4. The van der Waals surface area contributed by atoms with E-state index in [2.05, 4.69) is 266 Å². The van der Waals surface area contributed by atoms with E-state index < -0.39 is 8.07 Å². The van der Waals surface area contributed by atoms with E-state index in [1.54, 1.807) is 0 Å². The molecule has 316 valence electrons. The van der Waals surface area contributed by atoms with Crippen molar-refractivity contribution in [3.8, 4) is 33.4 Å². The molecule has 1 aliphatic rings. The highest BCUT2D eigenvalue weighted by Gasteiger charge is 2.38. The van der Waals surface area contributed by atoms with Gasteiger partial charge in [-0.25, -0.2) is 0 Å². The van der Waals surface area contributed by atoms with Crippen LogP contribution in [0, 0.1) is 0 Å². The van der Waals surface area contributed by atoms with Crippen molar-refractivity contribution in [3.63, 3.8) is 0 Å². The first kappa shape index (κ1) is 39.1. The number of anilines is 6. The van der Waals surface area contributed by atoms with Gasteiger partial charge in [0.25, 0.3) is 0 Å². The molecule has 0 bridgehead atoms. The van der Waals surface area contributed by atoms with Gasteiger partial charge >= 0.3 is 0 Å². The third kappa shape index (κ3) is 6.23. The maximum Gasteiger partial charge on any atom is 0.113 e. The summed E-state index contributed by atoms with van der Waals surface area (Å²) in [5, 5.41) is 12.9. The molecule has 12 aromatic rings. The van der Waals surface area contributed by atoms with Gasteiger partial charge < -0.3 is 9.80 Å². The molecule has 0 fully saturated rings. The second kappa shape index (κ2) is 15.4. The lowest BCUT2D eigenvalue weighted by molar-refractivity contribution is 1.30. The average Bonchev–Trinajstić information content (AvgIpc) is 3.62. The molecule has 0 aromatic heterocycles. The Balaban J connectivity index is 1.07. The van der Waals surface area contributed by atoms with Crippen LogP contribution in [0.1, 0.15) is 0 Å². The zero-order chi connectivity index (χ0) is 44.6. The Labute approximate surface area is 392 Å². The molecule has 0 saturated carbocycles. The molecular formula is C64H46N2Si. The van der Waals surface area contributed by atoms with Crippen molar-refractivity contribution < 1.29 is 0 Å². The smallest absolute Gasteiger partial charge is 0.113 e. The van der Waals surface area contributed by atoms with Crippen molar-refractivity contribution in [2.45, 2.75) is 13.1 Å². The quantitative estimate of drug-likeness (QED) is 0.111. The molecule has 0 unspecified atom stereocenters. The van der Waals surface area contributed by atoms with Gasteiger partial charge in [-0.1, -0.05) is 207 Å². The van der Waals surface area contributed by atoms with Gasteiger partial charge in [0.15, 0.2) is 0 Å². The normalized spacial score (nSPS) is 12.7. The summed E-state index contributed by atoms with van der Waals surface area (Å²) in [6.07, 6.45) is 0. The van der Waals surface area contributed by atoms with E-state index in [1.165, 1.54) is 92.5 Å². The summed E-state index contributed by atoms with van der Waals surface area (Å²) in [5.74, 6) is 0.